The normalized spacial score (nSPS) is 12.3. The Balaban J connectivity index is 2.26. The first-order valence-corrected chi connectivity index (χ1v) is 5.91. The largest absolute Gasteiger partial charge is 0.368 e. The summed E-state index contributed by atoms with van der Waals surface area (Å²) in [5.74, 6) is -0.385. The van der Waals surface area contributed by atoms with Gasteiger partial charge >= 0.3 is 0 Å². The van der Waals surface area contributed by atoms with Crippen LogP contribution in [0.4, 0.5) is 0 Å². The van der Waals surface area contributed by atoms with Gasteiger partial charge < -0.3 is 10.3 Å². The quantitative estimate of drug-likeness (QED) is 0.823. The Morgan fingerprint density at radius 3 is 2.65 bits per heavy atom. The number of rotatable bonds is 4. The van der Waals surface area contributed by atoms with Crippen molar-refractivity contribution in [3.05, 3.63) is 42.2 Å². The molecule has 2 aromatic rings. The van der Waals surface area contributed by atoms with Crippen molar-refractivity contribution >= 4 is 17.7 Å². The van der Waals surface area contributed by atoms with Gasteiger partial charge in [-0.2, -0.15) is 0 Å². The molecule has 0 aliphatic carbocycles. The fourth-order valence-electron chi connectivity index (χ4n) is 1.40. The average molecular weight is 248 g/mol. The fourth-order valence-corrected chi connectivity index (χ4v) is 2.33. The molecular formula is C11H12N4OS. The lowest BCUT2D eigenvalue weighted by atomic mass is 10.1. The van der Waals surface area contributed by atoms with Crippen molar-refractivity contribution in [3.8, 4) is 0 Å². The Hall–Kier alpha value is -1.82. The van der Waals surface area contributed by atoms with E-state index in [1.165, 1.54) is 11.8 Å². The van der Waals surface area contributed by atoms with Crippen LogP contribution in [0.15, 0.2) is 41.8 Å². The second-order valence-corrected chi connectivity index (χ2v) is 4.61. The van der Waals surface area contributed by atoms with E-state index in [0.717, 1.165) is 5.56 Å². The van der Waals surface area contributed by atoms with Crippen molar-refractivity contribution in [1.29, 1.82) is 0 Å². The number of nitrogens with two attached hydrogens (primary N) is 1. The summed E-state index contributed by atoms with van der Waals surface area (Å²) in [5.41, 5.74) is 6.29. The summed E-state index contributed by atoms with van der Waals surface area (Å²) >= 11 is 1.30. The highest BCUT2D eigenvalue weighted by molar-refractivity contribution is 8.00. The van der Waals surface area contributed by atoms with Gasteiger partial charge in [0, 0.05) is 7.05 Å². The topological polar surface area (TPSA) is 73.8 Å². The summed E-state index contributed by atoms with van der Waals surface area (Å²) in [4.78, 5) is 11.5. The van der Waals surface area contributed by atoms with Gasteiger partial charge in [0.2, 0.25) is 5.91 Å². The van der Waals surface area contributed by atoms with E-state index in [1.54, 1.807) is 10.9 Å². The van der Waals surface area contributed by atoms with Crippen molar-refractivity contribution in [2.75, 3.05) is 0 Å². The zero-order valence-electron chi connectivity index (χ0n) is 9.28. The third-order valence-corrected chi connectivity index (χ3v) is 3.57. The lowest BCUT2D eigenvalue weighted by Gasteiger charge is -2.12. The maximum Gasteiger partial charge on any atom is 0.235 e. The van der Waals surface area contributed by atoms with E-state index in [-0.39, 0.29) is 5.91 Å². The summed E-state index contributed by atoms with van der Waals surface area (Å²) in [6.45, 7) is 0. The van der Waals surface area contributed by atoms with E-state index in [4.69, 9.17) is 5.73 Å². The van der Waals surface area contributed by atoms with E-state index < -0.39 is 5.25 Å². The van der Waals surface area contributed by atoms with Gasteiger partial charge in [-0.15, -0.1) is 10.2 Å². The zero-order valence-corrected chi connectivity index (χ0v) is 10.1. The molecule has 0 fully saturated rings. The van der Waals surface area contributed by atoms with Crippen molar-refractivity contribution in [2.24, 2.45) is 12.8 Å². The first-order valence-electron chi connectivity index (χ1n) is 5.03. The minimum Gasteiger partial charge on any atom is -0.368 e. The van der Waals surface area contributed by atoms with E-state index in [0.29, 0.717) is 5.16 Å². The zero-order chi connectivity index (χ0) is 12.3. The molecule has 0 saturated carbocycles. The molecule has 0 radical (unpaired) electrons. The predicted octanol–water partition coefficient (Wildman–Crippen LogP) is 1.13. The molecule has 2 N–H and O–H groups in total. The molecule has 1 amide bonds. The number of nitrogens with zero attached hydrogens (tertiary/aromatic N) is 3. The Morgan fingerprint density at radius 2 is 2.12 bits per heavy atom. The van der Waals surface area contributed by atoms with Crippen LogP contribution in [0.3, 0.4) is 0 Å². The third kappa shape index (κ3) is 2.65. The Labute approximate surface area is 103 Å². The van der Waals surface area contributed by atoms with E-state index in [9.17, 15) is 4.79 Å². The molecule has 1 heterocycles. The van der Waals surface area contributed by atoms with Crippen LogP contribution in [0.25, 0.3) is 0 Å². The number of hydrogen-bond acceptors (Lipinski definition) is 4. The van der Waals surface area contributed by atoms with Crippen molar-refractivity contribution in [1.82, 2.24) is 14.8 Å². The summed E-state index contributed by atoms with van der Waals surface area (Å²) in [6.07, 6.45) is 1.59. The number of amides is 1. The van der Waals surface area contributed by atoms with E-state index in [2.05, 4.69) is 10.2 Å². The fraction of sp³-hybridized carbons (Fsp3) is 0.182. The molecule has 0 saturated heterocycles. The average Bonchev–Trinajstić information content (AvgIpc) is 2.72. The van der Waals surface area contributed by atoms with Crippen LogP contribution < -0.4 is 5.73 Å². The number of aryl methyl sites for hydroxylation is 1. The smallest absolute Gasteiger partial charge is 0.235 e. The molecule has 0 spiro atoms. The molecule has 6 heteroatoms. The Morgan fingerprint density at radius 1 is 1.41 bits per heavy atom. The van der Waals surface area contributed by atoms with Gasteiger partial charge in [-0.3, -0.25) is 4.79 Å². The molecular weight excluding hydrogens is 236 g/mol. The SMILES string of the molecule is Cn1cnnc1SC(C(N)=O)c1ccccc1. The number of primary amides is 1. The maximum atomic E-state index is 11.5. The van der Waals surface area contributed by atoms with Crippen molar-refractivity contribution in [3.63, 3.8) is 0 Å². The molecule has 0 aliphatic rings. The minimum atomic E-state index is -0.445. The molecule has 1 aromatic heterocycles. The molecule has 2 rings (SSSR count). The monoisotopic (exact) mass is 248 g/mol. The lowest BCUT2D eigenvalue weighted by Crippen LogP contribution is -2.19. The second kappa shape index (κ2) is 5.01. The van der Waals surface area contributed by atoms with Crippen LogP contribution in [-0.4, -0.2) is 20.7 Å². The molecule has 1 aromatic carbocycles. The van der Waals surface area contributed by atoms with Gasteiger partial charge in [0.25, 0.3) is 0 Å². The van der Waals surface area contributed by atoms with Gasteiger partial charge in [0.15, 0.2) is 5.16 Å². The highest BCUT2D eigenvalue weighted by Gasteiger charge is 2.21. The molecule has 5 nitrogen and oxygen atoms in total. The number of benzene rings is 1. The Kier molecular flexibility index (Phi) is 3.43. The molecule has 0 aliphatic heterocycles. The number of carbonyl (C=O) groups excluding carboxylic acids is 1. The van der Waals surface area contributed by atoms with Crippen molar-refractivity contribution < 1.29 is 4.79 Å². The van der Waals surface area contributed by atoms with Crippen LogP contribution in [0, 0.1) is 0 Å². The molecule has 1 atom stereocenters. The van der Waals surface area contributed by atoms with Gasteiger partial charge in [-0.05, 0) is 5.56 Å². The second-order valence-electron chi connectivity index (χ2n) is 3.54. The van der Waals surface area contributed by atoms with Gasteiger partial charge in [0.05, 0.1) is 0 Å². The Bertz CT molecular complexity index is 511. The highest BCUT2D eigenvalue weighted by Crippen LogP contribution is 2.33. The van der Waals surface area contributed by atoms with Crippen LogP contribution >= 0.6 is 11.8 Å². The van der Waals surface area contributed by atoms with Crippen molar-refractivity contribution in [2.45, 2.75) is 10.4 Å². The highest BCUT2D eigenvalue weighted by atomic mass is 32.2. The summed E-state index contributed by atoms with van der Waals surface area (Å²) in [5, 5.41) is 7.92. The molecule has 0 bridgehead atoms. The van der Waals surface area contributed by atoms with Crippen LogP contribution in [-0.2, 0) is 11.8 Å². The standard InChI is InChI=1S/C11H12N4OS/c1-15-7-13-14-11(15)17-9(10(12)16)8-5-3-2-4-6-8/h2-7,9H,1H3,(H2,12,16). The van der Waals surface area contributed by atoms with E-state index >= 15 is 0 Å². The summed E-state index contributed by atoms with van der Waals surface area (Å²) in [7, 11) is 1.82. The molecule has 1 unspecified atom stereocenters. The lowest BCUT2D eigenvalue weighted by molar-refractivity contribution is -0.117. The third-order valence-electron chi connectivity index (χ3n) is 2.25. The number of carbonyl (C=O) groups is 1. The first kappa shape index (κ1) is 11.7. The molecule has 17 heavy (non-hydrogen) atoms. The minimum absolute atomic E-state index is 0.385. The number of hydrogen-bond donors (Lipinski definition) is 1. The summed E-state index contributed by atoms with van der Waals surface area (Å²) < 4.78 is 1.75. The van der Waals surface area contributed by atoms with E-state index in [1.807, 2.05) is 37.4 Å². The van der Waals surface area contributed by atoms with Gasteiger partial charge in [-0.1, -0.05) is 42.1 Å². The van der Waals surface area contributed by atoms with Crippen LogP contribution in [0.2, 0.25) is 0 Å². The maximum absolute atomic E-state index is 11.5. The van der Waals surface area contributed by atoms with Crippen LogP contribution in [0.5, 0.6) is 0 Å². The first-order chi connectivity index (χ1) is 8.18. The summed E-state index contributed by atoms with van der Waals surface area (Å²) in [6, 6.07) is 9.40. The van der Waals surface area contributed by atoms with Gasteiger partial charge in [0.1, 0.15) is 11.6 Å². The predicted molar refractivity (Wildman–Crippen MR) is 65.2 cm³/mol. The number of thioether (sulfide) groups is 1. The number of aromatic nitrogens is 3. The molecule has 88 valence electrons. The van der Waals surface area contributed by atoms with Gasteiger partial charge in [-0.25, -0.2) is 0 Å². The van der Waals surface area contributed by atoms with Crippen LogP contribution in [0.1, 0.15) is 10.8 Å².